The van der Waals surface area contributed by atoms with Crippen LogP contribution in [0.4, 0.5) is 0 Å². The number of benzene rings is 1. The molecule has 8 nitrogen and oxygen atoms in total. The number of ether oxygens (including phenoxy) is 2. The molecule has 1 N–H and O–H groups in total. The molecule has 1 saturated carbocycles. The number of carbonyl (C=O) groups is 1. The van der Waals surface area contributed by atoms with Crippen molar-refractivity contribution >= 4 is 5.91 Å². The third-order valence-corrected chi connectivity index (χ3v) is 9.46. The van der Waals surface area contributed by atoms with Gasteiger partial charge in [0.05, 0.1) is 12.1 Å². The first-order valence-corrected chi connectivity index (χ1v) is 14.7. The monoisotopic (exact) mass is 556 g/mol. The first kappa shape index (κ1) is 27.5. The molecule has 3 aromatic rings. The van der Waals surface area contributed by atoms with Crippen molar-refractivity contribution in [3.05, 3.63) is 74.5 Å². The van der Waals surface area contributed by atoms with E-state index in [9.17, 15) is 9.59 Å². The van der Waals surface area contributed by atoms with Crippen molar-refractivity contribution in [3.63, 3.8) is 0 Å². The Bertz CT molecular complexity index is 1560. The zero-order chi connectivity index (χ0) is 29.1. The van der Waals surface area contributed by atoms with Gasteiger partial charge in [-0.25, -0.2) is 0 Å². The Labute approximate surface area is 241 Å². The second-order valence-electron chi connectivity index (χ2n) is 12.4. The molecule has 2 aromatic heterocycles. The fourth-order valence-corrected chi connectivity index (χ4v) is 7.10. The normalized spacial score (nSPS) is 23.7. The number of carbonyl (C=O) groups excluding carboxylic acids is 1. The van der Waals surface area contributed by atoms with Crippen LogP contribution in [0, 0.1) is 26.7 Å². The van der Waals surface area contributed by atoms with E-state index in [0.717, 1.165) is 64.9 Å². The number of amides is 1. The number of nitrogens with zero attached hydrogens (tertiary/aromatic N) is 3. The van der Waals surface area contributed by atoms with Crippen molar-refractivity contribution in [3.8, 4) is 22.6 Å². The molecule has 1 atom stereocenters. The van der Waals surface area contributed by atoms with E-state index in [1.54, 1.807) is 11.1 Å². The first-order chi connectivity index (χ1) is 19.6. The minimum absolute atomic E-state index is 0.0836. The minimum Gasteiger partial charge on any atom is -0.448 e. The number of nitrogens with one attached hydrogen (secondary N) is 1. The molecule has 8 heteroatoms. The highest BCUT2D eigenvalue weighted by molar-refractivity contribution is 6.02. The fraction of sp³-hybridized carbons (Fsp3) is 0.485. The molecule has 0 radical (unpaired) electrons. The van der Waals surface area contributed by atoms with Crippen molar-refractivity contribution in [1.82, 2.24) is 19.8 Å². The van der Waals surface area contributed by atoms with Gasteiger partial charge < -0.3 is 24.3 Å². The maximum atomic E-state index is 14.2. The summed E-state index contributed by atoms with van der Waals surface area (Å²) in [6.45, 7) is 8.60. The molecule has 41 heavy (non-hydrogen) atoms. The zero-order valence-corrected chi connectivity index (χ0v) is 25.0. The Morgan fingerprint density at radius 3 is 2.46 bits per heavy atom. The molecule has 1 aromatic carbocycles. The quantitative estimate of drug-likeness (QED) is 0.467. The highest BCUT2D eigenvalue weighted by Crippen LogP contribution is 2.55. The fourth-order valence-electron chi connectivity index (χ4n) is 7.10. The zero-order valence-electron chi connectivity index (χ0n) is 25.0. The van der Waals surface area contributed by atoms with Gasteiger partial charge in [0.2, 0.25) is 0 Å². The van der Waals surface area contributed by atoms with Gasteiger partial charge in [-0.3, -0.25) is 14.6 Å². The number of pyridine rings is 2. The highest BCUT2D eigenvalue weighted by Gasteiger charge is 2.49. The predicted octanol–water partition coefficient (Wildman–Crippen LogP) is 5.17. The second kappa shape index (κ2) is 10.3. The Balaban J connectivity index is 1.40. The third kappa shape index (κ3) is 4.72. The highest BCUT2D eigenvalue weighted by atomic mass is 16.7. The Hall–Kier alpha value is -3.65. The lowest BCUT2D eigenvalue weighted by atomic mass is 9.81. The molecule has 6 rings (SSSR count). The molecule has 0 bridgehead atoms. The molecule has 1 amide bonds. The van der Waals surface area contributed by atoms with Gasteiger partial charge in [-0.15, -0.1) is 0 Å². The molecule has 4 heterocycles. The number of fused-ring (bicyclic) bond motifs is 2. The van der Waals surface area contributed by atoms with E-state index >= 15 is 0 Å². The molecule has 3 aliphatic rings. The van der Waals surface area contributed by atoms with Crippen LogP contribution in [-0.4, -0.2) is 58.1 Å². The number of hydrogen-bond acceptors (Lipinski definition) is 6. The van der Waals surface area contributed by atoms with Gasteiger partial charge in [-0.2, -0.15) is 0 Å². The van der Waals surface area contributed by atoms with Gasteiger partial charge >= 0.3 is 0 Å². The van der Waals surface area contributed by atoms with Gasteiger partial charge in [0.1, 0.15) is 0 Å². The lowest BCUT2D eigenvalue weighted by Crippen LogP contribution is -2.46. The molecule has 1 aliphatic carbocycles. The van der Waals surface area contributed by atoms with E-state index in [-0.39, 0.29) is 23.9 Å². The SMILES string of the molecule is Cc1cc(C)c(CN2CCc3c(c(C)c4c(c3-c3cccnc3)O[C@@](C)(C3CCC(N(C)C)CC3)O4)C2=O)c(=O)[nH]1. The number of aromatic amines is 1. The van der Waals surface area contributed by atoms with Crippen LogP contribution in [0.1, 0.15) is 70.9 Å². The van der Waals surface area contributed by atoms with Crippen molar-refractivity contribution in [2.45, 2.75) is 78.2 Å². The van der Waals surface area contributed by atoms with Crippen LogP contribution in [-0.2, 0) is 13.0 Å². The van der Waals surface area contributed by atoms with Crippen LogP contribution in [0.25, 0.3) is 11.1 Å². The van der Waals surface area contributed by atoms with E-state index in [2.05, 4.69) is 35.9 Å². The minimum atomic E-state index is -0.805. The third-order valence-electron chi connectivity index (χ3n) is 9.46. The molecule has 0 saturated heterocycles. The number of H-pyrrole nitrogens is 1. The molecule has 216 valence electrons. The lowest BCUT2D eigenvalue weighted by molar-refractivity contribution is -0.123. The summed E-state index contributed by atoms with van der Waals surface area (Å²) in [5.41, 5.74) is 6.43. The van der Waals surface area contributed by atoms with Crippen LogP contribution in [0.3, 0.4) is 0 Å². The summed E-state index contributed by atoms with van der Waals surface area (Å²) < 4.78 is 13.6. The first-order valence-electron chi connectivity index (χ1n) is 14.7. The summed E-state index contributed by atoms with van der Waals surface area (Å²) in [5, 5.41) is 0. The van der Waals surface area contributed by atoms with Crippen LogP contribution in [0.2, 0.25) is 0 Å². The van der Waals surface area contributed by atoms with Gasteiger partial charge in [-0.05, 0) is 90.2 Å². The summed E-state index contributed by atoms with van der Waals surface area (Å²) in [7, 11) is 4.30. The lowest BCUT2D eigenvalue weighted by Gasteiger charge is -2.39. The Morgan fingerprint density at radius 2 is 1.80 bits per heavy atom. The average molecular weight is 557 g/mol. The van der Waals surface area contributed by atoms with Crippen LogP contribution in [0.15, 0.2) is 35.4 Å². The van der Waals surface area contributed by atoms with Crippen molar-refractivity contribution in [2.24, 2.45) is 5.92 Å². The van der Waals surface area contributed by atoms with Gasteiger partial charge in [0, 0.05) is 65.8 Å². The standard InChI is InChI=1S/C33H40N4O4/c1-19-16-20(2)35-31(38)26(19)18-37-15-13-25-27(32(37)39)21(3)29-30(28(25)22-8-7-14-34-17-22)41-33(4,40-29)23-9-11-24(12-10-23)36(5)6/h7-8,14,16-17,23-24H,9-13,15,18H2,1-6H3,(H,35,38)/t23?,24?,33-/m0/s1. The van der Waals surface area contributed by atoms with Gasteiger partial charge in [0.15, 0.2) is 11.5 Å². The Kier molecular flexibility index (Phi) is 6.92. The van der Waals surface area contributed by atoms with E-state index in [4.69, 9.17) is 9.47 Å². The van der Waals surface area contributed by atoms with Crippen LogP contribution >= 0.6 is 0 Å². The molecule has 1 fully saturated rings. The molecule has 0 spiro atoms. The number of rotatable bonds is 5. The molecule has 0 unspecified atom stereocenters. The maximum Gasteiger partial charge on any atom is 0.254 e. The van der Waals surface area contributed by atoms with Crippen LogP contribution in [0.5, 0.6) is 11.5 Å². The van der Waals surface area contributed by atoms with E-state index in [1.165, 1.54) is 0 Å². The van der Waals surface area contributed by atoms with E-state index in [0.29, 0.717) is 35.9 Å². The molecular weight excluding hydrogens is 516 g/mol. The number of aromatic nitrogens is 2. The summed E-state index contributed by atoms with van der Waals surface area (Å²) in [4.78, 5) is 38.3. The van der Waals surface area contributed by atoms with Crippen LogP contribution < -0.4 is 15.0 Å². The molecular formula is C33H40N4O4. The average Bonchev–Trinajstić information content (AvgIpc) is 3.31. The second-order valence-corrected chi connectivity index (χ2v) is 12.4. The topological polar surface area (TPSA) is 87.8 Å². The van der Waals surface area contributed by atoms with E-state index in [1.807, 2.05) is 45.2 Å². The Morgan fingerprint density at radius 1 is 1.07 bits per heavy atom. The van der Waals surface area contributed by atoms with Gasteiger partial charge in [-0.1, -0.05) is 6.07 Å². The largest absolute Gasteiger partial charge is 0.448 e. The summed E-state index contributed by atoms with van der Waals surface area (Å²) in [6.07, 6.45) is 8.48. The number of aryl methyl sites for hydroxylation is 2. The van der Waals surface area contributed by atoms with E-state index < -0.39 is 5.79 Å². The van der Waals surface area contributed by atoms with Crippen molar-refractivity contribution in [2.75, 3.05) is 20.6 Å². The van der Waals surface area contributed by atoms with Crippen molar-refractivity contribution < 1.29 is 14.3 Å². The predicted molar refractivity (Wildman–Crippen MR) is 158 cm³/mol. The van der Waals surface area contributed by atoms with Gasteiger partial charge in [0.25, 0.3) is 17.3 Å². The summed E-state index contributed by atoms with van der Waals surface area (Å²) >= 11 is 0. The number of hydrogen-bond donors (Lipinski definition) is 1. The molecule has 2 aliphatic heterocycles. The summed E-state index contributed by atoms with van der Waals surface area (Å²) in [6, 6.07) is 6.46. The summed E-state index contributed by atoms with van der Waals surface area (Å²) in [5.74, 6) is 0.728. The smallest absolute Gasteiger partial charge is 0.254 e. The maximum absolute atomic E-state index is 14.2. The van der Waals surface area contributed by atoms with Crippen molar-refractivity contribution in [1.29, 1.82) is 0 Å².